The highest BCUT2D eigenvalue weighted by molar-refractivity contribution is 5.94. The summed E-state index contributed by atoms with van der Waals surface area (Å²) in [6, 6.07) is 14.2. The van der Waals surface area contributed by atoms with Gasteiger partial charge in [0.15, 0.2) is 6.20 Å². The van der Waals surface area contributed by atoms with Crippen molar-refractivity contribution in [1.82, 2.24) is 0 Å². The molecule has 1 nitrogen and oxygen atoms in total. The van der Waals surface area contributed by atoms with Crippen molar-refractivity contribution in [3.05, 3.63) is 64.8 Å². The van der Waals surface area contributed by atoms with Crippen LogP contribution in [0.25, 0.3) is 22.0 Å². The number of benzene rings is 2. The van der Waals surface area contributed by atoms with Gasteiger partial charge in [-0.1, -0.05) is 32.0 Å². The highest BCUT2D eigenvalue weighted by Crippen LogP contribution is 2.34. The molecule has 25 heavy (non-hydrogen) atoms. The summed E-state index contributed by atoms with van der Waals surface area (Å²) in [6.45, 7) is 6.84. The van der Waals surface area contributed by atoms with Crippen molar-refractivity contribution < 1.29 is 4.57 Å². The Balaban J connectivity index is 1.94. The van der Waals surface area contributed by atoms with Crippen LogP contribution < -0.4 is 4.57 Å². The van der Waals surface area contributed by atoms with Gasteiger partial charge in [0, 0.05) is 11.6 Å². The van der Waals surface area contributed by atoms with E-state index in [0.29, 0.717) is 5.92 Å². The van der Waals surface area contributed by atoms with Crippen LogP contribution in [0.1, 0.15) is 54.9 Å². The molecule has 0 amide bonds. The van der Waals surface area contributed by atoms with E-state index in [-0.39, 0.29) is 0 Å². The van der Waals surface area contributed by atoms with E-state index < -0.39 is 0 Å². The number of rotatable bonds is 3. The largest absolute Gasteiger partial charge is 0.220 e. The van der Waals surface area contributed by atoms with Gasteiger partial charge in [-0.05, 0) is 78.3 Å². The van der Waals surface area contributed by atoms with Gasteiger partial charge in [-0.15, -0.1) is 0 Å². The maximum atomic E-state index is 2.45. The summed E-state index contributed by atoms with van der Waals surface area (Å²) in [6.07, 6.45) is 7.18. The first-order chi connectivity index (χ1) is 12.1. The molecule has 1 heterocycles. The van der Waals surface area contributed by atoms with Gasteiger partial charge < -0.3 is 0 Å². The van der Waals surface area contributed by atoms with Gasteiger partial charge in [0.05, 0.1) is 5.39 Å². The lowest BCUT2D eigenvalue weighted by Gasteiger charge is -2.13. The zero-order chi connectivity index (χ0) is 17.6. The van der Waals surface area contributed by atoms with Crippen LogP contribution in [0.2, 0.25) is 0 Å². The molecule has 1 aliphatic rings. The van der Waals surface area contributed by atoms with E-state index in [2.05, 4.69) is 75.0 Å². The molecule has 128 valence electrons. The molecule has 0 spiro atoms. The van der Waals surface area contributed by atoms with Gasteiger partial charge in [0.1, 0.15) is 7.05 Å². The number of aryl methyl sites for hydroxylation is 4. The van der Waals surface area contributed by atoms with Crippen LogP contribution in [-0.4, -0.2) is 0 Å². The molecule has 0 saturated heterocycles. The van der Waals surface area contributed by atoms with E-state index in [1.54, 1.807) is 11.1 Å². The minimum Gasteiger partial charge on any atom is -0.200 e. The van der Waals surface area contributed by atoms with Crippen molar-refractivity contribution in [2.45, 2.75) is 52.4 Å². The Morgan fingerprint density at radius 2 is 1.80 bits per heavy atom. The highest BCUT2D eigenvalue weighted by atomic mass is 14.9. The minimum absolute atomic E-state index is 0.614. The average molecular weight is 330 g/mol. The maximum Gasteiger partial charge on any atom is 0.220 e. The average Bonchev–Trinajstić information content (AvgIpc) is 3.07. The number of nitrogens with zero attached hydrogens (tertiary/aromatic N) is 1. The molecule has 0 bridgehead atoms. The summed E-state index contributed by atoms with van der Waals surface area (Å²) in [4.78, 5) is 0. The van der Waals surface area contributed by atoms with Crippen LogP contribution in [-0.2, 0) is 19.9 Å². The smallest absolute Gasteiger partial charge is 0.200 e. The van der Waals surface area contributed by atoms with E-state index >= 15 is 0 Å². The second kappa shape index (κ2) is 6.29. The topological polar surface area (TPSA) is 3.88 Å². The lowest BCUT2D eigenvalue weighted by atomic mass is 9.92. The zero-order valence-corrected chi connectivity index (χ0v) is 15.9. The first-order valence-corrected chi connectivity index (χ1v) is 9.63. The molecule has 1 aromatic heterocycles. The van der Waals surface area contributed by atoms with E-state index in [9.17, 15) is 0 Å². The molecule has 3 aromatic rings. The Morgan fingerprint density at radius 1 is 1.04 bits per heavy atom. The van der Waals surface area contributed by atoms with Crippen LogP contribution in [0.3, 0.4) is 0 Å². The van der Waals surface area contributed by atoms with Gasteiger partial charge in [-0.25, -0.2) is 4.57 Å². The lowest BCUT2D eigenvalue weighted by molar-refractivity contribution is -0.659. The summed E-state index contributed by atoms with van der Waals surface area (Å²) < 4.78 is 2.29. The Hall–Kier alpha value is -2.15. The molecular formula is C24H28N+. The van der Waals surface area contributed by atoms with Gasteiger partial charge in [-0.2, -0.15) is 0 Å². The predicted molar refractivity (Wildman–Crippen MR) is 106 cm³/mol. The van der Waals surface area contributed by atoms with E-state index in [4.69, 9.17) is 0 Å². The van der Waals surface area contributed by atoms with Crippen LogP contribution in [0.15, 0.2) is 42.6 Å². The fourth-order valence-electron chi connectivity index (χ4n) is 4.27. The molecule has 0 aliphatic heterocycles. The van der Waals surface area contributed by atoms with Crippen molar-refractivity contribution in [2.24, 2.45) is 7.05 Å². The minimum atomic E-state index is 0.614. The molecule has 1 heteroatoms. The van der Waals surface area contributed by atoms with Crippen molar-refractivity contribution in [3.63, 3.8) is 0 Å². The van der Waals surface area contributed by atoms with Crippen molar-refractivity contribution in [2.75, 3.05) is 0 Å². The quantitative estimate of drug-likeness (QED) is 0.547. The monoisotopic (exact) mass is 330 g/mol. The second-order valence-corrected chi connectivity index (χ2v) is 7.72. The summed E-state index contributed by atoms with van der Waals surface area (Å²) >= 11 is 0. The van der Waals surface area contributed by atoms with Crippen LogP contribution in [0.5, 0.6) is 0 Å². The van der Waals surface area contributed by atoms with E-state index in [0.717, 1.165) is 0 Å². The SMILES string of the molecule is CCC(C)c1ccc2c(-c3cc4c(cc3C)CCC4)[n+](C)ccc2c1. The number of fused-ring (bicyclic) bond motifs is 2. The summed E-state index contributed by atoms with van der Waals surface area (Å²) in [5.41, 5.74) is 8.69. The Kier molecular flexibility index (Phi) is 4.11. The normalized spacial score (nSPS) is 14.7. The van der Waals surface area contributed by atoms with Gasteiger partial charge >= 0.3 is 0 Å². The third-order valence-electron chi connectivity index (χ3n) is 6.04. The lowest BCUT2D eigenvalue weighted by Crippen LogP contribution is -2.30. The number of aromatic nitrogens is 1. The molecule has 1 aliphatic carbocycles. The fourth-order valence-corrected chi connectivity index (χ4v) is 4.27. The van der Waals surface area contributed by atoms with Gasteiger partial charge in [0.2, 0.25) is 5.69 Å². The number of hydrogen-bond donors (Lipinski definition) is 0. The standard InChI is InChI=1S/C24H28N/c1-5-16(2)18-9-10-22-21(14-18)11-12-25(4)24(22)23-15-20-8-6-7-19(20)13-17(23)3/h9-16H,5-8H2,1-4H3/q+1. The first-order valence-electron chi connectivity index (χ1n) is 9.63. The second-order valence-electron chi connectivity index (χ2n) is 7.72. The third kappa shape index (κ3) is 2.76. The predicted octanol–water partition coefficient (Wildman–Crippen LogP) is 5.64. The van der Waals surface area contributed by atoms with Crippen molar-refractivity contribution in [1.29, 1.82) is 0 Å². The Morgan fingerprint density at radius 3 is 2.56 bits per heavy atom. The number of pyridine rings is 1. The summed E-state index contributed by atoms with van der Waals surface area (Å²) in [5, 5.41) is 2.71. The Bertz CT molecular complexity index is 952. The highest BCUT2D eigenvalue weighted by Gasteiger charge is 2.21. The van der Waals surface area contributed by atoms with Crippen LogP contribution >= 0.6 is 0 Å². The zero-order valence-electron chi connectivity index (χ0n) is 15.9. The Labute approximate surface area is 151 Å². The first kappa shape index (κ1) is 16.3. The van der Waals surface area contributed by atoms with Crippen LogP contribution in [0.4, 0.5) is 0 Å². The maximum absolute atomic E-state index is 2.45. The molecule has 0 N–H and O–H groups in total. The van der Waals surface area contributed by atoms with Crippen LogP contribution in [0, 0.1) is 6.92 Å². The number of hydrogen-bond acceptors (Lipinski definition) is 0. The molecule has 4 rings (SSSR count). The molecule has 0 radical (unpaired) electrons. The van der Waals surface area contributed by atoms with Crippen molar-refractivity contribution in [3.8, 4) is 11.3 Å². The fraction of sp³-hybridized carbons (Fsp3) is 0.375. The summed E-state index contributed by atoms with van der Waals surface area (Å²) in [5.74, 6) is 0.614. The third-order valence-corrected chi connectivity index (χ3v) is 6.04. The van der Waals surface area contributed by atoms with Gasteiger partial charge in [0.25, 0.3) is 0 Å². The molecule has 2 aromatic carbocycles. The molecule has 1 unspecified atom stereocenters. The molecule has 1 atom stereocenters. The molecule has 0 saturated carbocycles. The van der Waals surface area contributed by atoms with Gasteiger partial charge in [-0.3, -0.25) is 0 Å². The molecule has 0 fully saturated rings. The summed E-state index contributed by atoms with van der Waals surface area (Å²) in [7, 11) is 2.17. The van der Waals surface area contributed by atoms with E-state index in [1.807, 2.05) is 0 Å². The van der Waals surface area contributed by atoms with E-state index in [1.165, 1.54) is 58.8 Å². The van der Waals surface area contributed by atoms with Crippen molar-refractivity contribution >= 4 is 10.8 Å². The molecular weight excluding hydrogens is 302 g/mol.